The number of carbonyl (C=O) groups is 1. The number of ether oxygens (including phenoxy) is 1. The van der Waals surface area contributed by atoms with Crippen LogP contribution in [-0.2, 0) is 11.2 Å². The third-order valence-corrected chi connectivity index (χ3v) is 3.79. The van der Waals surface area contributed by atoms with E-state index in [0.29, 0.717) is 23.0 Å². The topological polar surface area (TPSA) is 52.3 Å². The van der Waals surface area contributed by atoms with Crippen LogP contribution in [0.4, 0.5) is 4.39 Å². The molecule has 0 saturated carbocycles. The minimum Gasteiger partial charge on any atom is -0.441 e. The van der Waals surface area contributed by atoms with Gasteiger partial charge in [-0.2, -0.15) is 0 Å². The van der Waals surface area contributed by atoms with E-state index >= 15 is 0 Å². The molecule has 0 saturated heterocycles. The molecule has 0 spiro atoms. The summed E-state index contributed by atoms with van der Waals surface area (Å²) in [5.41, 5.74) is 2.36. The van der Waals surface area contributed by atoms with Crippen LogP contribution >= 0.6 is 0 Å². The van der Waals surface area contributed by atoms with Crippen LogP contribution in [0.25, 0.3) is 11.3 Å². The summed E-state index contributed by atoms with van der Waals surface area (Å²) in [4.78, 5) is 16.1. The molecular formula is C20H18FNO3. The van der Waals surface area contributed by atoms with Gasteiger partial charge in [-0.3, -0.25) is 4.79 Å². The summed E-state index contributed by atoms with van der Waals surface area (Å²) in [7, 11) is 0. The van der Waals surface area contributed by atoms with Crippen LogP contribution in [0.3, 0.4) is 0 Å². The smallest absolute Gasteiger partial charge is 0.311 e. The van der Waals surface area contributed by atoms with Crippen molar-refractivity contribution in [3.8, 4) is 17.1 Å². The van der Waals surface area contributed by atoms with E-state index in [1.165, 1.54) is 12.3 Å². The molecule has 4 nitrogen and oxygen atoms in total. The second-order valence-corrected chi connectivity index (χ2v) is 5.84. The van der Waals surface area contributed by atoms with Crippen LogP contribution in [0.5, 0.6) is 5.75 Å². The normalized spacial score (nSPS) is 10.7. The second kappa shape index (κ2) is 7.30. The summed E-state index contributed by atoms with van der Waals surface area (Å²) < 4.78 is 24.6. The van der Waals surface area contributed by atoms with Gasteiger partial charge in [-0.05, 0) is 37.6 Å². The number of nitrogens with zero attached hydrogens (tertiary/aromatic N) is 1. The monoisotopic (exact) mass is 339 g/mol. The van der Waals surface area contributed by atoms with Crippen molar-refractivity contribution < 1.29 is 18.3 Å². The van der Waals surface area contributed by atoms with E-state index in [0.717, 1.165) is 11.1 Å². The van der Waals surface area contributed by atoms with Crippen LogP contribution in [0.1, 0.15) is 23.4 Å². The first-order valence-corrected chi connectivity index (χ1v) is 8.00. The van der Waals surface area contributed by atoms with Gasteiger partial charge < -0.3 is 9.15 Å². The molecule has 0 fully saturated rings. The van der Waals surface area contributed by atoms with Crippen LogP contribution in [-0.4, -0.2) is 11.0 Å². The van der Waals surface area contributed by atoms with Gasteiger partial charge in [0.05, 0.1) is 18.2 Å². The lowest BCUT2D eigenvalue weighted by Gasteiger charge is -2.07. The molecule has 0 N–H and O–H groups in total. The maximum absolute atomic E-state index is 13.7. The Morgan fingerprint density at radius 3 is 2.76 bits per heavy atom. The zero-order chi connectivity index (χ0) is 17.8. The number of carbonyl (C=O) groups excluding carboxylic acids is 1. The number of esters is 1. The molecule has 0 aliphatic rings. The lowest BCUT2D eigenvalue weighted by Crippen LogP contribution is -2.10. The van der Waals surface area contributed by atoms with Gasteiger partial charge in [-0.15, -0.1) is 0 Å². The van der Waals surface area contributed by atoms with Gasteiger partial charge in [0.1, 0.15) is 11.6 Å². The highest BCUT2D eigenvalue weighted by Crippen LogP contribution is 2.24. The Labute approximate surface area is 145 Å². The lowest BCUT2D eigenvalue weighted by molar-refractivity contribution is -0.134. The van der Waals surface area contributed by atoms with Crippen molar-refractivity contribution in [1.29, 1.82) is 0 Å². The van der Waals surface area contributed by atoms with Gasteiger partial charge in [-0.1, -0.05) is 29.8 Å². The molecule has 0 unspecified atom stereocenters. The minimum absolute atomic E-state index is 0.130. The summed E-state index contributed by atoms with van der Waals surface area (Å²) in [5, 5.41) is 0. The predicted molar refractivity (Wildman–Crippen MR) is 91.8 cm³/mol. The zero-order valence-corrected chi connectivity index (χ0v) is 14.1. The summed E-state index contributed by atoms with van der Waals surface area (Å²) in [6.07, 6.45) is 1.88. The molecule has 0 radical (unpaired) electrons. The first-order chi connectivity index (χ1) is 12.0. The molecule has 1 aromatic heterocycles. The van der Waals surface area contributed by atoms with Crippen molar-refractivity contribution in [3.63, 3.8) is 0 Å². The average molecular weight is 339 g/mol. The highest BCUT2D eigenvalue weighted by atomic mass is 19.1. The number of halogens is 1. The van der Waals surface area contributed by atoms with E-state index in [1.54, 1.807) is 24.3 Å². The summed E-state index contributed by atoms with van der Waals surface area (Å²) >= 11 is 0. The SMILES string of the molecule is Cc1ccc(OC(=O)CCc2ncc(-c3ccccc3F)o2)c(C)c1. The molecule has 128 valence electrons. The Bertz CT molecular complexity index is 901. The summed E-state index contributed by atoms with van der Waals surface area (Å²) in [5.74, 6) is 0.527. The van der Waals surface area contributed by atoms with Crippen LogP contribution < -0.4 is 4.74 Å². The molecule has 3 aromatic rings. The summed E-state index contributed by atoms with van der Waals surface area (Å²) in [6, 6.07) is 11.9. The third kappa shape index (κ3) is 4.12. The first-order valence-electron chi connectivity index (χ1n) is 8.00. The van der Waals surface area contributed by atoms with Crippen LogP contribution in [0.2, 0.25) is 0 Å². The molecule has 0 aliphatic heterocycles. The number of rotatable bonds is 5. The summed E-state index contributed by atoms with van der Waals surface area (Å²) in [6.45, 7) is 3.87. The fraction of sp³-hybridized carbons (Fsp3) is 0.200. The van der Waals surface area contributed by atoms with Crippen molar-refractivity contribution in [1.82, 2.24) is 4.98 Å². The maximum atomic E-state index is 13.7. The Balaban J connectivity index is 1.60. The Kier molecular flexibility index (Phi) is 4.93. The number of aromatic nitrogens is 1. The minimum atomic E-state index is -0.376. The maximum Gasteiger partial charge on any atom is 0.311 e. The highest BCUT2D eigenvalue weighted by Gasteiger charge is 2.13. The van der Waals surface area contributed by atoms with Crippen LogP contribution in [0, 0.1) is 19.7 Å². The van der Waals surface area contributed by atoms with Crippen molar-refractivity contribution in [3.05, 3.63) is 71.5 Å². The van der Waals surface area contributed by atoms with E-state index in [2.05, 4.69) is 4.98 Å². The molecule has 0 amide bonds. The molecule has 1 heterocycles. The van der Waals surface area contributed by atoms with Gasteiger partial charge in [0.15, 0.2) is 11.7 Å². The zero-order valence-electron chi connectivity index (χ0n) is 14.1. The molecule has 2 aromatic carbocycles. The Morgan fingerprint density at radius 2 is 2.00 bits per heavy atom. The van der Waals surface area contributed by atoms with E-state index in [-0.39, 0.29) is 24.6 Å². The van der Waals surface area contributed by atoms with Gasteiger partial charge in [0, 0.05) is 6.42 Å². The van der Waals surface area contributed by atoms with E-state index in [4.69, 9.17) is 9.15 Å². The molecule has 3 rings (SSSR count). The third-order valence-electron chi connectivity index (χ3n) is 3.79. The molecule has 5 heteroatoms. The lowest BCUT2D eigenvalue weighted by atomic mass is 10.1. The van der Waals surface area contributed by atoms with E-state index in [1.807, 2.05) is 26.0 Å². The fourth-order valence-electron chi connectivity index (χ4n) is 2.51. The van der Waals surface area contributed by atoms with Gasteiger partial charge in [0.2, 0.25) is 0 Å². The number of aryl methyl sites for hydroxylation is 3. The fourth-order valence-corrected chi connectivity index (χ4v) is 2.51. The number of hydrogen-bond acceptors (Lipinski definition) is 4. The predicted octanol–water partition coefficient (Wildman–Crippen LogP) is 4.64. The van der Waals surface area contributed by atoms with Gasteiger partial charge in [-0.25, -0.2) is 9.37 Å². The van der Waals surface area contributed by atoms with Crippen molar-refractivity contribution in [2.24, 2.45) is 0 Å². The van der Waals surface area contributed by atoms with E-state index in [9.17, 15) is 9.18 Å². The number of oxazole rings is 1. The molecular weight excluding hydrogens is 321 g/mol. The first kappa shape index (κ1) is 16.9. The molecule has 0 bridgehead atoms. The molecule has 0 atom stereocenters. The Hall–Kier alpha value is -2.95. The van der Waals surface area contributed by atoms with Crippen molar-refractivity contribution >= 4 is 5.97 Å². The van der Waals surface area contributed by atoms with E-state index < -0.39 is 0 Å². The molecule has 25 heavy (non-hydrogen) atoms. The van der Waals surface area contributed by atoms with Crippen molar-refractivity contribution in [2.75, 3.05) is 0 Å². The second-order valence-electron chi connectivity index (χ2n) is 5.84. The molecule has 0 aliphatic carbocycles. The van der Waals surface area contributed by atoms with Crippen molar-refractivity contribution in [2.45, 2.75) is 26.7 Å². The average Bonchev–Trinajstić information content (AvgIpc) is 3.05. The Morgan fingerprint density at radius 1 is 1.20 bits per heavy atom. The number of hydrogen-bond donors (Lipinski definition) is 0. The number of benzene rings is 2. The van der Waals surface area contributed by atoms with Crippen LogP contribution in [0.15, 0.2) is 53.1 Å². The largest absolute Gasteiger partial charge is 0.441 e. The quantitative estimate of drug-likeness (QED) is 0.502. The standard InChI is InChI=1S/C20H18FNO3/c1-13-7-8-17(14(2)11-13)25-20(23)10-9-19-22-12-18(24-19)15-5-3-4-6-16(15)21/h3-8,11-12H,9-10H2,1-2H3. The highest BCUT2D eigenvalue weighted by molar-refractivity contribution is 5.73. The van der Waals surface area contributed by atoms with Gasteiger partial charge in [0.25, 0.3) is 0 Å². The van der Waals surface area contributed by atoms with Gasteiger partial charge >= 0.3 is 5.97 Å².